The van der Waals surface area contributed by atoms with Crippen molar-refractivity contribution in [2.75, 3.05) is 7.11 Å². The topological polar surface area (TPSA) is 35.5 Å². The van der Waals surface area contributed by atoms with Gasteiger partial charge in [-0.3, -0.25) is 0 Å². The first-order chi connectivity index (χ1) is 9.44. The SMILES string of the molecule is CCCC[C@H](C)C[C@]1(C)C=C(CC)/C(=C/C(=O)OC)O1. The van der Waals surface area contributed by atoms with Crippen LogP contribution >= 0.6 is 0 Å². The van der Waals surface area contributed by atoms with E-state index in [1.165, 1.54) is 32.4 Å². The van der Waals surface area contributed by atoms with Crippen molar-refractivity contribution in [3.63, 3.8) is 0 Å². The van der Waals surface area contributed by atoms with Crippen LogP contribution in [0.25, 0.3) is 0 Å². The second kappa shape index (κ2) is 7.51. The second-order valence-corrected chi connectivity index (χ2v) is 5.92. The number of esters is 1. The molecule has 0 unspecified atom stereocenters. The van der Waals surface area contributed by atoms with Crippen LogP contribution in [0, 0.1) is 5.92 Å². The lowest BCUT2D eigenvalue weighted by Crippen LogP contribution is -2.25. The third-order valence-corrected chi connectivity index (χ3v) is 3.77. The fraction of sp³-hybridized carbons (Fsp3) is 0.706. The Balaban J connectivity index is 2.75. The molecular weight excluding hydrogens is 252 g/mol. The number of hydrogen-bond acceptors (Lipinski definition) is 3. The van der Waals surface area contributed by atoms with Gasteiger partial charge in [-0.25, -0.2) is 4.79 Å². The summed E-state index contributed by atoms with van der Waals surface area (Å²) < 4.78 is 10.7. The quantitative estimate of drug-likeness (QED) is 0.512. The Morgan fingerprint density at radius 1 is 1.50 bits per heavy atom. The molecule has 114 valence electrons. The Morgan fingerprint density at radius 2 is 2.20 bits per heavy atom. The van der Waals surface area contributed by atoms with Crippen molar-refractivity contribution in [3.8, 4) is 0 Å². The molecule has 1 aliphatic heterocycles. The van der Waals surface area contributed by atoms with Crippen molar-refractivity contribution in [2.45, 2.75) is 65.4 Å². The fourth-order valence-corrected chi connectivity index (χ4v) is 2.80. The average molecular weight is 280 g/mol. The number of unbranched alkanes of at least 4 members (excludes halogenated alkanes) is 1. The molecule has 0 saturated heterocycles. The van der Waals surface area contributed by atoms with E-state index in [4.69, 9.17) is 4.74 Å². The maximum absolute atomic E-state index is 11.4. The van der Waals surface area contributed by atoms with Gasteiger partial charge in [0.1, 0.15) is 11.4 Å². The zero-order valence-corrected chi connectivity index (χ0v) is 13.5. The molecule has 0 amide bonds. The summed E-state index contributed by atoms with van der Waals surface area (Å²) in [6.45, 7) is 8.66. The van der Waals surface area contributed by atoms with Crippen LogP contribution in [0.5, 0.6) is 0 Å². The van der Waals surface area contributed by atoms with Crippen molar-refractivity contribution >= 4 is 5.97 Å². The zero-order valence-electron chi connectivity index (χ0n) is 13.5. The normalized spacial score (nSPS) is 25.2. The number of carbonyl (C=O) groups excluding carboxylic acids is 1. The summed E-state index contributed by atoms with van der Waals surface area (Å²) in [4.78, 5) is 11.4. The molecule has 0 bridgehead atoms. The Hall–Kier alpha value is -1.25. The molecule has 0 radical (unpaired) electrons. The number of hydrogen-bond donors (Lipinski definition) is 0. The largest absolute Gasteiger partial charge is 0.483 e. The van der Waals surface area contributed by atoms with Crippen LogP contribution in [0.4, 0.5) is 0 Å². The minimum absolute atomic E-state index is 0.293. The van der Waals surface area contributed by atoms with Crippen molar-refractivity contribution in [1.29, 1.82) is 0 Å². The molecule has 0 aromatic rings. The van der Waals surface area contributed by atoms with E-state index < -0.39 is 0 Å². The van der Waals surface area contributed by atoms with Crippen LogP contribution in [0.15, 0.2) is 23.5 Å². The summed E-state index contributed by atoms with van der Waals surface area (Å²) >= 11 is 0. The van der Waals surface area contributed by atoms with Gasteiger partial charge in [0.25, 0.3) is 0 Å². The Morgan fingerprint density at radius 3 is 2.75 bits per heavy atom. The molecule has 1 heterocycles. The molecule has 3 nitrogen and oxygen atoms in total. The van der Waals surface area contributed by atoms with Gasteiger partial charge in [0.15, 0.2) is 0 Å². The molecule has 3 heteroatoms. The lowest BCUT2D eigenvalue weighted by Gasteiger charge is -2.26. The first-order valence-corrected chi connectivity index (χ1v) is 7.64. The van der Waals surface area contributed by atoms with Gasteiger partial charge in [0.2, 0.25) is 0 Å². The van der Waals surface area contributed by atoms with E-state index in [0.29, 0.717) is 11.7 Å². The molecule has 1 rings (SSSR count). The molecule has 0 saturated carbocycles. The highest BCUT2D eigenvalue weighted by molar-refractivity contribution is 5.83. The van der Waals surface area contributed by atoms with Gasteiger partial charge in [-0.15, -0.1) is 0 Å². The van der Waals surface area contributed by atoms with E-state index in [0.717, 1.165) is 18.4 Å². The van der Waals surface area contributed by atoms with Crippen LogP contribution < -0.4 is 0 Å². The summed E-state index contributed by atoms with van der Waals surface area (Å²) in [6, 6.07) is 0. The molecule has 20 heavy (non-hydrogen) atoms. The van der Waals surface area contributed by atoms with Crippen LogP contribution in [-0.4, -0.2) is 18.7 Å². The molecular formula is C17H28O3. The van der Waals surface area contributed by atoms with Gasteiger partial charge < -0.3 is 9.47 Å². The Bertz CT molecular complexity index is 395. The first-order valence-electron chi connectivity index (χ1n) is 7.64. The lowest BCUT2D eigenvalue weighted by atomic mass is 9.89. The summed E-state index contributed by atoms with van der Waals surface area (Å²) in [7, 11) is 1.38. The predicted octanol–water partition coefficient (Wildman–Crippen LogP) is 4.39. The summed E-state index contributed by atoms with van der Waals surface area (Å²) in [5, 5.41) is 0. The minimum atomic E-state index is -0.359. The standard InChI is InChI=1S/C17H28O3/c1-6-8-9-13(3)11-17(4)12-14(7-2)15(20-17)10-16(18)19-5/h10,12-13H,6-9,11H2,1-5H3/b15-10-/t13-,17+/m0/s1. The number of allylic oxidation sites excluding steroid dienone is 1. The van der Waals surface area contributed by atoms with E-state index in [2.05, 4.69) is 38.5 Å². The van der Waals surface area contributed by atoms with Crippen molar-refractivity contribution < 1.29 is 14.3 Å². The summed E-state index contributed by atoms with van der Waals surface area (Å²) in [6.07, 6.45) is 9.18. The minimum Gasteiger partial charge on any atom is -0.483 e. The molecule has 0 fully saturated rings. The molecule has 0 aromatic heterocycles. The van der Waals surface area contributed by atoms with Crippen LogP contribution in [0.3, 0.4) is 0 Å². The monoisotopic (exact) mass is 280 g/mol. The third kappa shape index (κ3) is 4.69. The number of carbonyl (C=O) groups is 1. The predicted molar refractivity (Wildman–Crippen MR) is 81.3 cm³/mol. The highest BCUT2D eigenvalue weighted by Gasteiger charge is 2.34. The highest BCUT2D eigenvalue weighted by Crippen LogP contribution is 2.38. The van der Waals surface area contributed by atoms with Crippen LogP contribution in [0.2, 0.25) is 0 Å². The molecule has 0 spiro atoms. The number of methoxy groups -OCH3 is 1. The van der Waals surface area contributed by atoms with Gasteiger partial charge in [0, 0.05) is 0 Å². The maximum Gasteiger partial charge on any atom is 0.334 e. The highest BCUT2D eigenvalue weighted by atomic mass is 16.5. The maximum atomic E-state index is 11.4. The molecule has 1 aliphatic rings. The van der Waals surface area contributed by atoms with E-state index in [1.54, 1.807) is 0 Å². The van der Waals surface area contributed by atoms with Crippen molar-refractivity contribution in [1.82, 2.24) is 0 Å². The second-order valence-electron chi connectivity index (χ2n) is 5.92. The fourth-order valence-electron chi connectivity index (χ4n) is 2.80. The van der Waals surface area contributed by atoms with Crippen LogP contribution in [0.1, 0.15) is 59.8 Å². The van der Waals surface area contributed by atoms with Crippen LogP contribution in [-0.2, 0) is 14.3 Å². The van der Waals surface area contributed by atoms with Gasteiger partial charge in [0.05, 0.1) is 13.2 Å². The lowest BCUT2D eigenvalue weighted by molar-refractivity contribution is -0.135. The molecule has 0 N–H and O–H groups in total. The third-order valence-electron chi connectivity index (χ3n) is 3.77. The zero-order chi connectivity index (χ0) is 15.2. The average Bonchev–Trinajstić information content (AvgIpc) is 2.72. The van der Waals surface area contributed by atoms with E-state index in [9.17, 15) is 4.79 Å². The first kappa shape index (κ1) is 16.8. The molecule has 2 atom stereocenters. The van der Waals surface area contributed by atoms with E-state index in [-0.39, 0.29) is 11.6 Å². The van der Waals surface area contributed by atoms with Gasteiger partial charge in [-0.05, 0) is 37.3 Å². The summed E-state index contributed by atoms with van der Waals surface area (Å²) in [5.41, 5.74) is 0.804. The molecule has 0 aliphatic carbocycles. The number of rotatable bonds is 7. The summed E-state index contributed by atoms with van der Waals surface area (Å²) in [5.74, 6) is 0.930. The smallest absolute Gasteiger partial charge is 0.334 e. The van der Waals surface area contributed by atoms with Crippen molar-refractivity contribution in [2.24, 2.45) is 5.92 Å². The van der Waals surface area contributed by atoms with Gasteiger partial charge in [-0.2, -0.15) is 0 Å². The van der Waals surface area contributed by atoms with E-state index >= 15 is 0 Å². The van der Waals surface area contributed by atoms with Crippen molar-refractivity contribution in [3.05, 3.63) is 23.5 Å². The Kier molecular flexibility index (Phi) is 6.31. The van der Waals surface area contributed by atoms with E-state index in [1.807, 2.05) is 0 Å². The molecule has 0 aromatic carbocycles. The Labute approximate surface area is 123 Å². The van der Waals surface area contributed by atoms with Gasteiger partial charge in [-0.1, -0.05) is 40.0 Å². The van der Waals surface area contributed by atoms with Gasteiger partial charge >= 0.3 is 5.97 Å². The number of ether oxygens (including phenoxy) is 2.